The van der Waals surface area contributed by atoms with Crippen molar-refractivity contribution in [2.45, 2.75) is 31.5 Å². The summed E-state index contributed by atoms with van der Waals surface area (Å²) in [6.45, 7) is -0.683. The van der Waals surface area contributed by atoms with E-state index in [0.717, 1.165) is 14.6 Å². The van der Waals surface area contributed by atoms with Crippen LogP contribution >= 0.6 is 0 Å². The predicted molar refractivity (Wildman–Crippen MR) is 128 cm³/mol. The lowest BCUT2D eigenvalue weighted by Gasteiger charge is -2.26. The smallest absolute Gasteiger partial charge is 0.332 e. The van der Waals surface area contributed by atoms with E-state index < -0.39 is 34.4 Å². The van der Waals surface area contributed by atoms with Crippen LogP contribution in [0.15, 0.2) is 52.7 Å². The van der Waals surface area contributed by atoms with E-state index in [2.05, 4.69) is 10.1 Å². The zero-order valence-electron chi connectivity index (χ0n) is 19.2. The highest BCUT2D eigenvalue weighted by Crippen LogP contribution is 2.45. The Hall–Kier alpha value is -3.74. The lowest BCUT2D eigenvalue weighted by Crippen LogP contribution is -2.41. The lowest BCUT2D eigenvalue weighted by atomic mass is 10.1. The minimum absolute atomic E-state index is 0.00892. The van der Waals surface area contributed by atoms with E-state index in [1.807, 2.05) is 0 Å². The van der Waals surface area contributed by atoms with Crippen LogP contribution < -0.4 is 15.6 Å². The largest absolute Gasteiger partial charge is 0.336 e. The molecule has 1 fully saturated rings. The fourth-order valence-corrected chi connectivity index (χ4v) is 5.27. The fourth-order valence-electron chi connectivity index (χ4n) is 4.36. The Morgan fingerprint density at radius 1 is 1.11 bits per heavy atom. The number of alkyl halides is 1. The number of aryl methyl sites for hydroxylation is 2. The summed E-state index contributed by atoms with van der Waals surface area (Å²) in [6.07, 6.45) is 7.32. The van der Waals surface area contributed by atoms with Crippen LogP contribution in [-0.4, -0.2) is 49.1 Å². The standard InChI is InChI=1S/C22H24FN7O4S/c1-26-14-24-9-17(26)12-28-19-4-3-16(30(35(33)34)22(13-23)5-6-22)7-18(19)20(31)29(21(28)32)11-15-8-25-27(2)10-15/h3-4,7-10,14,35H,5-6,11-13H2,1-2H3. The summed E-state index contributed by atoms with van der Waals surface area (Å²) in [5, 5.41) is 4.26. The SMILES string of the molecule is Cn1cc(Cn2c(=O)c3cc(N([SH](=O)=O)C4(CF)CC4)ccc3n(Cc3cncn3C)c2=O)cn1. The third-order valence-electron chi connectivity index (χ3n) is 6.48. The van der Waals surface area contributed by atoms with Crippen molar-refractivity contribution < 1.29 is 12.8 Å². The van der Waals surface area contributed by atoms with Gasteiger partial charge in [-0.2, -0.15) is 5.10 Å². The van der Waals surface area contributed by atoms with Crippen LogP contribution in [0.2, 0.25) is 0 Å². The molecule has 0 amide bonds. The van der Waals surface area contributed by atoms with Gasteiger partial charge in [-0.1, -0.05) is 0 Å². The second-order valence-electron chi connectivity index (χ2n) is 8.89. The molecule has 35 heavy (non-hydrogen) atoms. The van der Waals surface area contributed by atoms with E-state index in [-0.39, 0.29) is 24.2 Å². The van der Waals surface area contributed by atoms with Crippen molar-refractivity contribution in [3.05, 3.63) is 75.2 Å². The second-order valence-corrected chi connectivity index (χ2v) is 9.76. The molecular formula is C22H24FN7O4S. The van der Waals surface area contributed by atoms with Gasteiger partial charge >= 0.3 is 5.69 Å². The molecule has 184 valence electrons. The van der Waals surface area contributed by atoms with Crippen LogP contribution in [-0.2, 0) is 38.1 Å². The van der Waals surface area contributed by atoms with Crippen molar-refractivity contribution in [2.24, 2.45) is 14.1 Å². The average molecular weight is 502 g/mol. The summed E-state index contributed by atoms with van der Waals surface area (Å²) < 4.78 is 44.9. The first kappa shape index (κ1) is 23.0. The maximum absolute atomic E-state index is 13.8. The van der Waals surface area contributed by atoms with Gasteiger partial charge in [-0.15, -0.1) is 0 Å². The van der Waals surface area contributed by atoms with Gasteiger partial charge in [0.15, 0.2) is 0 Å². The molecule has 1 saturated carbocycles. The number of fused-ring (bicyclic) bond motifs is 1. The molecule has 1 aromatic carbocycles. The number of rotatable bonds is 8. The lowest BCUT2D eigenvalue weighted by molar-refractivity contribution is 0.417. The quantitative estimate of drug-likeness (QED) is 0.353. The van der Waals surface area contributed by atoms with Gasteiger partial charge in [0, 0.05) is 32.1 Å². The third-order valence-corrected chi connectivity index (χ3v) is 7.46. The number of imidazole rings is 1. The minimum atomic E-state index is -3.14. The first-order chi connectivity index (χ1) is 16.7. The molecule has 1 aliphatic carbocycles. The molecule has 0 saturated heterocycles. The van der Waals surface area contributed by atoms with Crippen molar-refractivity contribution in [3.8, 4) is 0 Å². The fraction of sp³-hybridized carbons (Fsp3) is 0.364. The predicted octanol–water partition coefficient (Wildman–Crippen LogP) is 0.562. The molecule has 0 radical (unpaired) electrons. The molecule has 5 rings (SSSR count). The number of thiol groups is 1. The molecule has 0 spiro atoms. The van der Waals surface area contributed by atoms with Crippen LogP contribution in [0.5, 0.6) is 0 Å². The van der Waals surface area contributed by atoms with Gasteiger partial charge in [0.05, 0.1) is 53.4 Å². The van der Waals surface area contributed by atoms with Gasteiger partial charge in [-0.3, -0.25) is 22.9 Å². The third kappa shape index (κ3) is 3.95. The molecule has 4 aromatic rings. The maximum Gasteiger partial charge on any atom is 0.332 e. The first-order valence-electron chi connectivity index (χ1n) is 10.9. The number of hydrogen-bond donors (Lipinski definition) is 1. The minimum Gasteiger partial charge on any atom is -0.336 e. The highest BCUT2D eigenvalue weighted by atomic mass is 32.2. The topological polar surface area (TPSA) is 117 Å². The molecule has 11 nitrogen and oxygen atoms in total. The van der Waals surface area contributed by atoms with Gasteiger partial charge in [0.1, 0.15) is 6.67 Å². The van der Waals surface area contributed by atoms with Gasteiger partial charge in [0.2, 0.25) is 10.9 Å². The summed E-state index contributed by atoms with van der Waals surface area (Å²) in [4.78, 5) is 31.1. The molecule has 1 aliphatic rings. The van der Waals surface area contributed by atoms with Crippen molar-refractivity contribution in [1.82, 2.24) is 28.5 Å². The van der Waals surface area contributed by atoms with Crippen LogP contribution in [0.1, 0.15) is 24.1 Å². The summed E-state index contributed by atoms with van der Waals surface area (Å²) in [6, 6.07) is 4.48. The summed E-state index contributed by atoms with van der Waals surface area (Å²) in [5.74, 6) is 0. The van der Waals surface area contributed by atoms with Crippen molar-refractivity contribution in [3.63, 3.8) is 0 Å². The number of aromatic nitrogens is 6. The van der Waals surface area contributed by atoms with Crippen LogP contribution in [0, 0.1) is 0 Å². The molecule has 0 atom stereocenters. The summed E-state index contributed by atoms with van der Waals surface area (Å²) >= 11 is 0. The number of benzene rings is 1. The van der Waals surface area contributed by atoms with Gasteiger partial charge in [-0.25, -0.2) is 22.6 Å². The molecular weight excluding hydrogens is 477 g/mol. The van der Waals surface area contributed by atoms with E-state index in [9.17, 15) is 22.4 Å². The Labute approximate surface area is 200 Å². The van der Waals surface area contributed by atoms with Crippen molar-refractivity contribution in [2.75, 3.05) is 11.0 Å². The first-order valence-corrected chi connectivity index (χ1v) is 12.1. The Morgan fingerprint density at radius 2 is 1.89 bits per heavy atom. The molecule has 0 bridgehead atoms. The Morgan fingerprint density at radius 3 is 2.46 bits per heavy atom. The molecule has 0 unspecified atom stereocenters. The maximum atomic E-state index is 13.8. The zero-order chi connectivity index (χ0) is 24.9. The number of halogens is 1. The Balaban J connectivity index is 1.73. The number of nitrogens with zero attached hydrogens (tertiary/aromatic N) is 7. The number of hydrogen-bond acceptors (Lipinski definition) is 6. The monoisotopic (exact) mass is 501 g/mol. The summed E-state index contributed by atoms with van der Waals surface area (Å²) in [7, 11) is 0.393. The average Bonchev–Trinajstić information content (AvgIpc) is 3.33. The van der Waals surface area contributed by atoms with Crippen LogP contribution in [0.4, 0.5) is 10.1 Å². The molecule has 0 N–H and O–H groups in total. The molecule has 3 aromatic heterocycles. The van der Waals surface area contributed by atoms with E-state index in [0.29, 0.717) is 23.9 Å². The molecule has 0 aliphatic heterocycles. The Bertz CT molecular complexity index is 1620. The van der Waals surface area contributed by atoms with Gasteiger partial charge in [-0.05, 0) is 31.0 Å². The van der Waals surface area contributed by atoms with Crippen molar-refractivity contribution >= 4 is 27.5 Å². The Kier molecular flexibility index (Phi) is 5.58. The van der Waals surface area contributed by atoms with E-state index in [1.54, 1.807) is 54.3 Å². The highest BCUT2D eigenvalue weighted by molar-refractivity contribution is 7.74. The zero-order valence-corrected chi connectivity index (χ0v) is 20.1. The van der Waals surface area contributed by atoms with E-state index in [1.165, 1.54) is 16.7 Å². The van der Waals surface area contributed by atoms with E-state index in [4.69, 9.17) is 0 Å². The molecule has 3 heterocycles. The van der Waals surface area contributed by atoms with Gasteiger partial charge in [0.25, 0.3) is 5.56 Å². The summed E-state index contributed by atoms with van der Waals surface area (Å²) in [5.41, 5.74) is -0.257. The normalized spacial score (nSPS) is 14.6. The highest BCUT2D eigenvalue weighted by Gasteiger charge is 2.50. The van der Waals surface area contributed by atoms with E-state index >= 15 is 0 Å². The van der Waals surface area contributed by atoms with Crippen molar-refractivity contribution in [1.29, 1.82) is 0 Å². The second kappa shape index (κ2) is 8.48. The van der Waals surface area contributed by atoms with Gasteiger partial charge < -0.3 is 4.57 Å². The van der Waals surface area contributed by atoms with Crippen LogP contribution in [0.25, 0.3) is 10.9 Å². The number of anilines is 1. The van der Waals surface area contributed by atoms with Crippen LogP contribution in [0.3, 0.4) is 0 Å². The molecule has 13 heteroatoms.